The molecule has 0 aliphatic carbocycles. The van der Waals surface area contributed by atoms with E-state index in [0.29, 0.717) is 16.3 Å². The van der Waals surface area contributed by atoms with Crippen LogP contribution in [0.25, 0.3) is 11.3 Å². The summed E-state index contributed by atoms with van der Waals surface area (Å²) in [5, 5.41) is 5.10. The summed E-state index contributed by atoms with van der Waals surface area (Å²) < 4.78 is 1.49. The molecule has 3 aromatic rings. The lowest BCUT2D eigenvalue weighted by Gasteiger charge is -2.10. The minimum atomic E-state index is -0.637. The van der Waals surface area contributed by atoms with Crippen LogP contribution in [0.15, 0.2) is 48.7 Å². The number of amides is 2. The van der Waals surface area contributed by atoms with Crippen molar-refractivity contribution in [2.45, 2.75) is 0 Å². The highest BCUT2D eigenvalue weighted by Gasteiger charge is 2.20. The van der Waals surface area contributed by atoms with E-state index in [4.69, 9.17) is 34.8 Å². The summed E-state index contributed by atoms with van der Waals surface area (Å²) in [6, 6.07) is 11.7. The number of halogens is 3. The van der Waals surface area contributed by atoms with Gasteiger partial charge in [-0.1, -0.05) is 59.1 Å². The largest absolute Gasteiger partial charge is 0.274 e. The van der Waals surface area contributed by atoms with Gasteiger partial charge in [0.2, 0.25) is 0 Å². The van der Waals surface area contributed by atoms with Crippen LogP contribution in [0, 0.1) is 0 Å². The summed E-state index contributed by atoms with van der Waals surface area (Å²) in [6.45, 7) is 0. The zero-order valence-corrected chi connectivity index (χ0v) is 16.2. The molecule has 2 N–H and O–H groups in total. The summed E-state index contributed by atoms with van der Waals surface area (Å²) in [7, 11) is 1.68. The van der Waals surface area contributed by atoms with Crippen molar-refractivity contribution < 1.29 is 9.59 Å². The van der Waals surface area contributed by atoms with Crippen LogP contribution in [0.4, 0.5) is 0 Å². The maximum atomic E-state index is 12.6. The molecule has 0 saturated carbocycles. The molecule has 2 amide bonds. The van der Waals surface area contributed by atoms with E-state index in [1.54, 1.807) is 37.4 Å². The zero-order chi connectivity index (χ0) is 19.6. The van der Waals surface area contributed by atoms with Crippen molar-refractivity contribution in [1.29, 1.82) is 0 Å². The van der Waals surface area contributed by atoms with Gasteiger partial charge in [-0.15, -0.1) is 0 Å². The Hall–Kier alpha value is -2.54. The number of nitrogens with one attached hydrogen (secondary N) is 2. The van der Waals surface area contributed by atoms with Crippen molar-refractivity contribution in [2.75, 3.05) is 0 Å². The van der Waals surface area contributed by atoms with E-state index in [0.717, 1.165) is 0 Å². The molecule has 0 radical (unpaired) electrons. The fraction of sp³-hybridized carbons (Fsp3) is 0.0556. The molecule has 0 aliphatic rings. The molecule has 0 fully saturated rings. The second-order valence-electron chi connectivity index (χ2n) is 5.55. The van der Waals surface area contributed by atoms with E-state index in [2.05, 4.69) is 16.0 Å². The smallest absolute Gasteiger partial charge is 0.273 e. The highest BCUT2D eigenvalue weighted by atomic mass is 35.5. The molecule has 0 bridgehead atoms. The van der Waals surface area contributed by atoms with Gasteiger partial charge in [-0.25, -0.2) is 0 Å². The number of hydrogen-bond donors (Lipinski definition) is 2. The van der Waals surface area contributed by atoms with E-state index in [-0.39, 0.29) is 21.2 Å². The third-order valence-electron chi connectivity index (χ3n) is 3.68. The first-order valence-corrected chi connectivity index (χ1v) is 8.85. The van der Waals surface area contributed by atoms with Crippen molar-refractivity contribution in [3.05, 3.63) is 74.9 Å². The summed E-state index contributed by atoms with van der Waals surface area (Å²) in [5.74, 6) is -1.20. The number of nitrogens with zero attached hydrogens (tertiary/aromatic N) is 2. The molecule has 138 valence electrons. The molecule has 0 aliphatic heterocycles. The maximum Gasteiger partial charge on any atom is 0.273 e. The molecule has 0 atom stereocenters. The molecular formula is C18H13Cl3N4O2. The van der Waals surface area contributed by atoms with Crippen LogP contribution >= 0.6 is 34.8 Å². The van der Waals surface area contributed by atoms with Gasteiger partial charge in [0, 0.05) is 18.8 Å². The van der Waals surface area contributed by atoms with E-state index >= 15 is 0 Å². The minimum absolute atomic E-state index is 0.0682. The first kappa shape index (κ1) is 19.2. The zero-order valence-electron chi connectivity index (χ0n) is 14.0. The molecule has 0 spiro atoms. The Morgan fingerprint density at radius 2 is 1.48 bits per heavy atom. The van der Waals surface area contributed by atoms with Crippen LogP contribution in [0.5, 0.6) is 0 Å². The van der Waals surface area contributed by atoms with E-state index in [1.165, 1.54) is 23.0 Å². The molecule has 2 aromatic carbocycles. The highest BCUT2D eigenvalue weighted by molar-refractivity contribution is 6.39. The lowest BCUT2D eigenvalue weighted by molar-refractivity contribution is 0.0847. The molecule has 0 unspecified atom stereocenters. The second-order valence-corrected chi connectivity index (χ2v) is 6.77. The number of aryl methyl sites for hydroxylation is 1. The molecular weight excluding hydrogens is 411 g/mol. The number of hydrogen-bond acceptors (Lipinski definition) is 3. The molecule has 27 heavy (non-hydrogen) atoms. The molecule has 1 aromatic heterocycles. The Morgan fingerprint density at radius 3 is 2.15 bits per heavy atom. The second kappa shape index (κ2) is 8.00. The fourth-order valence-corrected chi connectivity index (χ4v) is 3.26. The van der Waals surface area contributed by atoms with Gasteiger partial charge in [-0.3, -0.25) is 25.1 Å². The number of benzene rings is 2. The van der Waals surface area contributed by atoms with Crippen molar-refractivity contribution in [3.8, 4) is 11.3 Å². The Bertz CT molecular complexity index is 1010. The van der Waals surface area contributed by atoms with E-state index in [9.17, 15) is 9.59 Å². The van der Waals surface area contributed by atoms with E-state index < -0.39 is 11.8 Å². The normalized spacial score (nSPS) is 10.5. The van der Waals surface area contributed by atoms with Gasteiger partial charge in [0.15, 0.2) is 0 Å². The fourth-order valence-electron chi connectivity index (χ4n) is 2.46. The van der Waals surface area contributed by atoms with Crippen molar-refractivity contribution in [3.63, 3.8) is 0 Å². The lowest BCUT2D eigenvalue weighted by atomic mass is 10.1. The van der Waals surface area contributed by atoms with Gasteiger partial charge >= 0.3 is 0 Å². The third kappa shape index (κ3) is 4.08. The Kier molecular flexibility index (Phi) is 5.70. The van der Waals surface area contributed by atoms with Crippen LogP contribution in [-0.2, 0) is 7.05 Å². The van der Waals surface area contributed by atoms with E-state index in [1.807, 2.05) is 0 Å². The molecule has 1 heterocycles. The summed E-state index contributed by atoms with van der Waals surface area (Å²) >= 11 is 18.2. The lowest BCUT2D eigenvalue weighted by Crippen LogP contribution is -2.41. The number of carbonyl (C=O) groups is 2. The number of aromatic nitrogens is 2. The molecule has 0 saturated heterocycles. The topological polar surface area (TPSA) is 76.0 Å². The van der Waals surface area contributed by atoms with Crippen molar-refractivity contribution in [1.82, 2.24) is 20.6 Å². The number of carbonyl (C=O) groups excluding carboxylic acids is 2. The predicted molar refractivity (Wildman–Crippen MR) is 105 cm³/mol. The van der Waals surface area contributed by atoms with Crippen LogP contribution in [0.1, 0.15) is 20.7 Å². The Labute approximate surface area is 170 Å². The third-order valence-corrected chi connectivity index (χ3v) is 4.64. The van der Waals surface area contributed by atoms with Crippen molar-refractivity contribution in [2.24, 2.45) is 7.05 Å². The highest BCUT2D eigenvalue weighted by Crippen LogP contribution is 2.29. The number of rotatable bonds is 3. The van der Waals surface area contributed by atoms with Gasteiger partial charge in [-0.05, 0) is 18.2 Å². The molecule has 6 nitrogen and oxygen atoms in total. The quantitative estimate of drug-likeness (QED) is 0.622. The first-order valence-electron chi connectivity index (χ1n) is 7.71. The van der Waals surface area contributed by atoms with Gasteiger partial charge in [-0.2, -0.15) is 5.10 Å². The predicted octanol–water partition coefficient (Wildman–Crippen LogP) is 4.12. The van der Waals surface area contributed by atoms with Crippen LogP contribution in [0.2, 0.25) is 15.1 Å². The average molecular weight is 424 g/mol. The SMILES string of the molecule is Cn1cc(C(=O)NNC(=O)c2c(Cl)cccc2Cl)c(-c2ccccc2Cl)n1. The summed E-state index contributed by atoms with van der Waals surface area (Å²) in [5.41, 5.74) is 5.96. The van der Waals surface area contributed by atoms with Gasteiger partial charge in [0.05, 0.1) is 26.2 Å². The standard InChI is InChI=1S/C18H13Cl3N4O2/c1-25-9-11(16(24-25)10-5-2-3-6-12(10)19)17(26)22-23-18(27)15-13(20)7-4-8-14(15)21/h2-9H,1H3,(H,22,26)(H,23,27). The van der Waals surface area contributed by atoms with Crippen LogP contribution in [-0.4, -0.2) is 21.6 Å². The maximum absolute atomic E-state index is 12.6. The van der Waals surface area contributed by atoms with Crippen LogP contribution in [0.3, 0.4) is 0 Å². The van der Waals surface area contributed by atoms with Gasteiger partial charge in [0.1, 0.15) is 5.69 Å². The Balaban J connectivity index is 1.82. The monoisotopic (exact) mass is 422 g/mol. The molecule has 3 rings (SSSR count). The average Bonchev–Trinajstić information content (AvgIpc) is 3.01. The molecule has 9 heteroatoms. The van der Waals surface area contributed by atoms with Crippen LogP contribution < -0.4 is 10.9 Å². The summed E-state index contributed by atoms with van der Waals surface area (Å²) in [4.78, 5) is 24.9. The summed E-state index contributed by atoms with van der Waals surface area (Å²) in [6.07, 6.45) is 1.53. The minimum Gasteiger partial charge on any atom is -0.274 e. The number of hydrazine groups is 1. The Morgan fingerprint density at radius 1 is 0.889 bits per heavy atom. The van der Waals surface area contributed by atoms with Crippen molar-refractivity contribution >= 4 is 46.6 Å². The van der Waals surface area contributed by atoms with Gasteiger partial charge < -0.3 is 0 Å². The van der Waals surface area contributed by atoms with Gasteiger partial charge in [0.25, 0.3) is 11.8 Å². The first-order chi connectivity index (χ1) is 12.9.